The molecule has 0 unspecified atom stereocenters. The van der Waals surface area contributed by atoms with Gasteiger partial charge in [0.25, 0.3) is 0 Å². The molecule has 0 aromatic carbocycles. The van der Waals surface area contributed by atoms with Crippen molar-refractivity contribution in [1.82, 2.24) is 5.32 Å². The van der Waals surface area contributed by atoms with E-state index in [1.807, 2.05) is 6.92 Å². The van der Waals surface area contributed by atoms with Gasteiger partial charge in [-0.2, -0.15) is 0 Å². The molecule has 1 nitrogen and oxygen atoms in total. The van der Waals surface area contributed by atoms with Crippen molar-refractivity contribution < 1.29 is 0 Å². The smallest absolute Gasteiger partial charge is 0.0201 e. The first-order valence-corrected chi connectivity index (χ1v) is 4.62. The highest BCUT2D eigenvalue weighted by Crippen LogP contribution is 1.79. The van der Waals surface area contributed by atoms with Crippen LogP contribution in [0.5, 0.6) is 0 Å². The van der Waals surface area contributed by atoms with Gasteiger partial charge >= 0.3 is 0 Å². The maximum absolute atomic E-state index is 3.65. The predicted molar refractivity (Wildman–Crippen MR) is 42.6 cm³/mol. The van der Waals surface area contributed by atoms with Crippen molar-refractivity contribution in [2.75, 3.05) is 6.54 Å². The molecule has 0 aromatic rings. The number of halogens is 1. The summed E-state index contributed by atoms with van der Waals surface area (Å²) in [6.45, 7) is 2.95. The minimum Gasteiger partial charge on any atom is -0.346 e. The quantitative estimate of drug-likeness (QED) is 0.384. The molecule has 0 aliphatic rings. The van der Waals surface area contributed by atoms with E-state index in [1.165, 1.54) is 0 Å². The number of hydrogen-bond acceptors (Lipinski definition) is 1. The van der Waals surface area contributed by atoms with Crippen molar-refractivity contribution in [2.24, 2.45) is 0 Å². The fraction of sp³-hybridized carbons (Fsp3) is 0.400. The van der Waals surface area contributed by atoms with Gasteiger partial charge in [0.2, 0.25) is 0 Å². The Hall–Kier alpha value is -0.0400. The van der Waals surface area contributed by atoms with Crippen LogP contribution in [0.3, 0.4) is 0 Å². The fourth-order valence-corrected chi connectivity index (χ4v) is 0.537. The maximum Gasteiger partial charge on any atom is 0.0201 e. The van der Waals surface area contributed by atoms with Crippen LogP contribution in [0.2, 0.25) is 0 Å². The van der Waals surface area contributed by atoms with Crippen molar-refractivity contribution in [3.8, 4) is 9.97 Å². The molecule has 0 amide bonds. The lowest BCUT2D eigenvalue weighted by Crippen LogP contribution is -2.01. The van der Waals surface area contributed by atoms with Gasteiger partial charge in [-0.1, -0.05) is 4.51 Å². The zero-order valence-electron chi connectivity index (χ0n) is 4.29. The van der Waals surface area contributed by atoms with Crippen molar-refractivity contribution in [2.45, 2.75) is 6.92 Å². The summed E-state index contributed by atoms with van der Waals surface area (Å²) in [6.07, 6.45) is 0. The van der Waals surface area contributed by atoms with Crippen LogP contribution in [0.25, 0.3) is 0 Å². The Morgan fingerprint density at radius 2 is 2.57 bits per heavy atom. The first-order valence-electron chi connectivity index (χ1n) is 2.02. The normalized spacial score (nSPS) is 6.43. The second-order valence-corrected chi connectivity index (χ2v) is 2.19. The van der Waals surface area contributed by atoms with Gasteiger partial charge in [-0.3, -0.25) is 0 Å². The molecular weight excluding hydrogens is 201 g/mol. The lowest BCUT2D eigenvalue weighted by molar-refractivity contribution is 0.953. The zero-order chi connectivity index (χ0) is 5.54. The second-order valence-electron chi connectivity index (χ2n) is 0.883. The van der Waals surface area contributed by atoms with Gasteiger partial charge in [0.15, 0.2) is 0 Å². The van der Waals surface area contributed by atoms with Crippen molar-refractivity contribution >= 4 is 25.2 Å². The van der Waals surface area contributed by atoms with Gasteiger partial charge in [0.05, 0.1) is 0 Å². The van der Waals surface area contributed by atoms with E-state index in [4.69, 9.17) is 0 Å². The molecule has 0 spiro atoms. The summed E-state index contributed by atoms with van der Waals surface area (Å²) in [5.41, 5.74) is 0. The monoisotopic (exact) mass is 209 g/mol. The van der Waals surface area contributed by atoms with Crippen LogP contribution >= 0.6 is 20.7 Å². The van der Waals surface area contributed by atoms with E-state index in [1.54, 1.807) is 0 Å². The third kappa shape index (κ3) is 5.96. The van der Waals surface area contributed by atoms with Crippen LogP contribution in [0.15, 0.2) is 0 Å². The number of rotatable bonds is 1. The standard InChI is InChI=1S/C5H8IN/c1-3-7-5-4-6-2/h7H,2-3H2,1H3. The molecule has 0 aliphatic heterocycles. The van der Waals surface area contributed by atoms with E-state index in [-0.39, 0.29) is 20.7 Å². The SMILES string of the molecule is C=IC#CNCC. The zero-order valence-corrected chi connectivity index (χ0v) is 6.45. The van der Waals surface area contributed by atoms with E-state index in [2.05, 4.69) is 19.8 Å². The van der Waals surface area contributed by atoms with E-state index in [9.17, 15) is 0 Å². The van der Waals surface area contributed by atoms with E-state index in [0.717, 1.165) is 6.54 Å². The van der Waals surface area contributed by atoms with Gasteiger partial charge in [-0.25, -0.2) is 0 Å². The van der Waals surface area contributed by atoms with Crippen molar-refractivity contribution in [1.29, 1.82) is 0 Å². The largest absolute Gasteiger partial charge is 0.346 e. The highest BCUT2D eigenvalue weighted by molar-refractivity contribution is 14.2. The highest BCUT2D eigenvalue weighted by Gasteiger charge is 1.58. The Morgan fingerprint density at radius 1 is 1.86 bits per heavy atom. The lowest BCUT2D eigenvalue weighted by Gasteiger charge is -1.80. The molecule has 7 heavy (non-hydrogen) atoms. The molecule has 0 saturated carbocycles. The average molecular weight is 209 g/mol. The maximum atomic E-state index is 3.65. The van der Waals surface area contributed by atoms with Gasteiger partial charge < -0.3 is 5.32 Å². The molecule has 0 heterocycles. The van der Waals surface area contributed by atoms with Gasteiger partial charge in [-0.05, 0) is 31.6 Å². The molecule has 1 N–H and O–H groups in total. The van der Waals surface area contributed by atoms with Crippen LogP contribution in [-0.4, -0.2) is 11.1 Å². The molecule has 0 rings (SSSR count). The molecule has 0 saturated heterocycles. The Kier molecular flexibility index (Phi) is 5.93. The Labute approximate surface area is 54.2 Å². The van der Waals surface area contributed by atoms with Crippen LogP contribution in [-0.2, 0) is 0 Å². The first-order chi connectivity index (χ1) is 3.41. The minimum absolute atomic E-state index is 0.0787. The van der Waals surface area contributed by atoms with Gasteiger partial charge in [-0.15, -0.1) is 0 Å². The van der Waals surface area contributed by atoms with E-state index >= 15 is 0 Å². The Bertz CT molecular complexity index is 98.4. The topological polar surface area (TPSA) is 12.0 Å². The number of nitrogens with one attached hydrogen (secondary N) is 1. The Morgan fingerprint density at radius 3 is 3.00 bits per heavy atom. The van der Waals surface area contributed by atoms with Crippen molar-refractivity contribution in [3.05, 3.63) is 0 Å². The molecule has 0 aromatic heterocycles. The third-order valence-corrected chi connectivity index (χ3v) is 1.03. The molecule has 0 aliphatic carbocycles. The lowest BCUT2D eigenvalue weighted by atomic mass is 10.8. The summed E-state index contributed by atoms with van der Waals surface area (Å²) in [5, 5.41) is 2.88. The molecular formula is C5H8IN. The van der Waals surface area contributed by atoms with E-state index < -0.39 is 0 Å². The Balaban J connectivity index is 3.07. The van der Waals surface area contributed by atoms with Gasteiger partial charge in [0, 0.05) is 12.6 Å². The van der Waals surface area contributed by atoms with Crippen LogP contribution in [0.4, 0.5) is 0 Å². The van der Waals surface area contributed by atoms with E-state index in [0.29, 0.717) is 0 Å². The second kappa shape index (κ2) is 5.96. The number of hydrogen-bond donors (Lipinski definition) is 1. The summed E-state index contributed by atoms with van der Waals surface area (Å²) < 4.78 is 6.54. The summed E-state index contributed by atoms with van der Waals surface area (Å²) in [7, 11) is 0. The van der Waals surface area contributed by atoms with Gasteiger partial charge in [0.1, 0.15) is 0 Å². The summed E-state index contributed by atoms with van der Waals surface area (Å²) in [4.78, 5) is 0. The third-order valence-electron chi connectivity index (χ3n) is 0.379. The molecule has 2 heteroatoms. The molecule has 0 bridgehead atoms. The highest BCUT2D eigenvalue weighted by atomic mass is 127. The van der Waals surface area contributed by atoms with Crippen molar-refractivity contribution in [3.63, 3.8) is 0 Å². The molecule has 0 atom stereocenters. The molecule has 0 fully saturated rings. The average Bonchev–Trinajstić information content (AvgIpc) is 1.69. The van der Waals surface area contributed by atoms with Crippen LogP contribution in [0.1, 0.15) is 6.92 Å². The summed E-state index contributed by atoms with van der Waals surface area (Å²) in [5.74, 6) is 0. The van der Waals surface area contributed by atoms with Crippen LogP contribution < -0.4 is 5.32 Å². The van der Waals surface area contributed by atoms with Crippen LogP contribution in [0, 0.1) is 9.97 Å². The summed E-state index contributed by atoms with van der Waals surface area (Å²) in [6, 6.07) is 2.77. The minimum atomic E-state index is -0.0787. The fourth-order valence-electron chi connectivity index (χ4n) is 0.155. The molecule has 0 radical (unpaired) electrons. The first kappa shape index (κ1) is 6.96. The predicted octanol–water partition coefficient (Wildman–Crippen LogP) is 0.917. The molecule has 40 valence electrons. The summed E-state index contributed by atoms with van der Waals surface area (Å²) >= 11 is -0.0787.